The second kappa shape index (κ2) is 6.37. The molecule has 0 saturated heterocycles. The Morgan fingerprint density at radius 2 is 2.12 bits per heavy atom. The number of hydrogen-bond acceptors (Lipinski definition) is 5. The van der Waals surface area contributed by atoms with Gasteiger partial charge in [-0.3, -0.25) is 9.69 Å². The van der Waals surface area contributed by atoms with E-state index in [9.17, 15) is 4.79 Å². The summed E-state index contributed by atoms with van der Waals surface area (Å²) in [6, 6.07) is 9.64. The zero-order chi connectivity index (χ0) is 17.4. The number of rotatable bonds is 6. The van der Waals surface area contributed by atoms with Gasteiger partial charge in [0.15, 0.2) is 0 Å². The topological polar surface area (TPSA) is 71.4 Å². The number of fused-ring (bicyclic) bond motifs is 1. The molecule has 6 nitrogen and oxygen atoms in total. The van der Waals surface area contributed by atoms with Crippen LogP contribution in [0, 0.1) is 0 Å². The highest BCUT2D eigenvalue weighted by Crippen LogP contribution is 2.40. The second-order valence-electron chi connectivity index (χ2n) is 6.74. The van der Waals surface area contributed by atoms with Crippen molar-refractivity contribution in [2.45, 2.75) is 31.8 Å². The molecule has 3 aromatic rings. The number of ether oxygens (including phenoxy) is 1. The fourth-order valence-electron chi connectivity index (χ4n) is 3.06. The Bertz CT molecular complexity index is 956. The Kier molecular flexibility index (Phi) is 4.05. The van der Waals surface area contributed by atoms with E-state index < -0.39 is 0 Å². The number of H-pyrrole nitrogens is 1. The molecule has 2 heterocycles. The molecule has 0 spiro atoms. The van der Waals surface area contributed by atoms with Crippen molar-refractivity contribution in [3.63, 3.8) is 0 Å². The Morgan fingerprint density at radius 3 is 2.88 bits per heavy atom. The molecule has 0 unspecified atom stereocenters. The van der Waals surface area contributed by atoms with Gasteiger partial charge in [-0.25, -0.2) is 0 Å². The molecule has 130 valence electrons. The lowest BCUT2D eigenvalue weighted by atomic mass is 10.1. The Balaban J connectivity index is 1.50. The minimum absolute atomic E-state index is 0.0774. The van der Waals surface area contributed by atoms with Crippen LogP contribution < -0.4 is 10.3 Å². The Hall–Kier alpha value is -2.60. The standard InChI is InChI=1S/C19H21N3O3/c1-22(11-15-8-18(25-21-15)12-3-4-12)10-14-7-13-5-6-16(24-2)9-17(13)20-19(14)23/h5-9,12H,3-4,10-11H2,1-2H3,(H,20,23). The van der Waals surface area contributed by atoms with E-state index in [0.29, 0.717) is 19.0 Å². The number of aromatic amines is 1. The third kappa shape index (κ3) is 3.44. The van der Waals surface area contributed by atoms with Crippen molar-refractivity contribution in [2.24, 2.45) is 0 Å². The van der Waals surface area contributed by atoms with E-state index in [0.717, 1.165) is 33.7 Å². The lowest BCUT2D eigenvalue weighted by molar-refractivity contribution is 0.300. The monoisotopic (exact) mass is 339 g/mol. The molecule has 4 rings (SSSR count). The molecule has 25 heavy (non-hydrogen) atoms. The van der Waals surface area contributed by atoms with Crippen molar-refractivity contribution in [2.75, 3.05) is 14.2 Å². The van der Waals surface area contributed by atoms with Crippen LogP contribution in [0.1, 0.15) is 35.8 Å². The number of benzene rings is 1. The third-order valence-electron chi connectivity index (χ3n) is 4.56. The van der Waals surface area contributed by atoms with Gasteiger partial charge in [-0.05, 0) is 43.5 Å². The summed E-state index contributed by atoms with van der Waals surface area (Å²) < 4.78 is 10.6. The highest BCUT2D eigenvalue weighted by Gasteiger charge is 2.27. The average Bonchev–Trinajstić information content (AvgIpc) is 3.35. The van der Waals surface area contributed by atoms with Crippen LogP contribution in [0.3, 0.4) is 0 Å². The van der Waals surface area contributed by atoms with Crippen molar-refractivity contribution < 1.29 is 9.26 Å². The fourth-order valence-corrected chi connectivity index (χ4v) is 3.06. The SMILES string of the molecule is COc1ccc2cc(CN(C)Cc3cc(C4CC4)on3)c(=O)[nH]c2c1. The van der Waals surface area contributed by atoms with Gasteiger partial charge in [-0.1, -0.05) is 5.16 Å². The summed E-state index contributed by atoms with van der Waals surface area (Å²) in [5.41, 5.74) is 2.34. The van der Waals surface area contributed by atoms with Crippen LogP contribution in [0.2, 0.25) is 0 Å². The molecule has 1 aliphatic carbocycles. The molecular formula is C19H21N3O3. The van der Waals surface area contributed by atoms with Crippen LogP contribution in [0.5, 0.6) is 5.75 Å². The molecule has 1 saturated carbocycles. The van der Waals surface area contributed by atoms with Gasteiger partial charge in [0.05, 0.1) is 18.3 Å². The van der Waals surface area contributed by atoms with Gasteiger partial charge in [0.2, 0.25) is 0 Å². The zero-order valence-corrected chi connectivity index (χ0v) is 14.4. The summed E-state index contributed by atoms with van der Waals surface area (Å²) in [4.78, 5) is 17.4. The van der Waals surface area contributed by atoms with Crippen LogP contribution in [-0.2, 0) is 13.1 Å². The third-order valence-corrected chi connectivity index (χ3v) is 4.56. The van der Waals surface area contributed by atoms with E-state index in [2.05, 4.69) is 15.0 Å². The number of nitrogens with zero attached hydrogens (tertiary/aromatic N) is 2. The summed E-state index contributed by atoms with van der Waals surface area (Å²) in [6.45, 7) is 1.19. The zero-order valence-electron chi connectivity index (χ0n) is 14.4. The highest BCUT2D eigenvalue weighted by atomic mass is 16.5. The molecule has 0 amide bonds. The minimum Gasteiger partial charge on any atom is -0.497 e. The molecule has 6 heteroatoms. The van der Waals surface area contributed by atoms with Gasteiger partial charge >= 0.3 is 0 Å². The lowest BCUT2D eigenvalue weighted by Gasteiger charge is -2.14. The summed E-state index contributed by atoms with van der Waals surface area (Å²) >= 11 is 0. The van der Waals surface area contributed by atoms with Gasteiger partial charge in [-0.2, -0.15) is 0 Å². The van der Waals surface area contributed by atoms with E-state index in [1.54, 1.807) is 7.11 Å². The maximum Gasteiger partial charge on any atom is 0.252 e. The summed E-state index contributed by atoms with van der Waals surface area (Å²) in [5.74, 6) is 2.28. The number of aromatic nitrogens is 2. The average molecular weight is 339 g/mol. The number of pyridine rings is 1. The van der Waals surface area contributed by atoms with Crippen LogP contribution in [-0.4, -0.2) is 29.2 Å². The highest BCUT2D eigenvalue weighted by molar-refractivity contribution is 5.80. The van der Waals surface area contributed by atoms with Crippen LogP contribution >= 0.6 is 0 Å². The molecule has 1 N–H and O–H groups in total. The first-order chi connectivity index (χ1) is 12.1. The Labute approximate surface area is 145 Å². The van der Waals surface area contributed by atoms with Crippen LogP contribution in [0.25, 0.3) is 10.9 Å². The van der Waals surface area contributed by atoms with E-state index in [-0.39, 0.29) is 5.56 Å². The van der Waals surface area contributed by atoms with Crippen molar-refractivity contribution in [1.82, 2.24) is 15.0 Å². The second-order valence-corrected chi connectivity index (χ2v) is 6.74. The molecule has 0 bridgehead atoms. The van der Waals surface area contributed by atoms with Crippen molar-refractivity contribution in [3.05, 3.63) is 57.7 Å². The van der Waals surface area contributed by atoms with E-state index >= 15 is 0 Å². The summed E-state index contributed by atoms with van der Waals surface area (Å²) in [7, 11) is 3.59. The van der Waals surface area contributed by atoms with Crippen molar-refractivity contribution in [1.29, 1.82) is 0 Å². The molecule has 2 aromatic heterocycles. The number of nitrogens with one attached hydrogen (secondary N) is 1. The normalized spacial score (nSPS) is 14.4. The van der Waals surface area contributed by atoms with Gasteiger partial charge in [0.1, 0.15) is 11.5 Å². The Morgan fingerprint density at radius 1 is 1.28 bits per heavy atom. The smallest absolute Gasteiger partial charge is 0.252 e. The summed E-state index contributed by atoms with van der Waals surface area (Å²) in [5, 5.41) is 5.12. The molecule has 0 radical (unpaired) electrons. The first-order valence-electron chi connectivity index (χ1n) is 8.46. The maximum absolute atomic E-state index is 12.4. The molecule has 0 aliphatic heterocycles. The lowest BCUT2D eigenvalue weighted by Crippen LogP contribution is -2.23. The molecule has 1 fully saturated rings. The predicted molar refractivity (Wildman–Crippen MR) is 94.8 cm³/mol. The van der Waals surface area contributed by atoms with Gasteiger partial charge in [0, 0.05) is 36.7 Å². The first-order valence-corrected chi connectivity index (χ1v) is 8.46. The largest absolute Gasteiger partial charge is 0.497 e. The number of methoxy groups -OCH3 is 1. The molecular weight excluding hydrogens is 318 g/mol. The summed E-state index contributed by atoms with van der Waals surface area (Å²) in [6.07, 6.45) is 2.39. The van der Waals surface area contributed by atoms with Crippen LogP contribution in [0.15, 0.2) is 39.6 Å². The van der Waals surface area contributed by atoms with Gasteiger partial charge < -0.3 is 14.2 Å². The van der Waals surface area contributed by atoms with Gasteiger partial charge in [-0.15, -0.1) is 0 Å². The number of hydrogen-bond donors (Lipinski definition) is 1. The quantitative estimate of drug-likeness (QED) is 0.747. The predicted octanol–water partition coefficient (Wildman–Crippen LogP) is 3.03. The van der Waals surface area contributed by atoms with Crippen LogP contribution in [0.4, 0.5) is 0 Å². The minimum atomic E-state index is -0.0774. The van der Waals surface area contributed by atoms with E-state index in [1.165, 1.54) is 12.8 Å². The fraction of sp³-hybridized carbons (Fsp3) is 0.368. The van der Waals surface area contributed by atoms with Gasteiger partial charge in [0.25, 0.3) is 5.56 Å². The first kappa shape index (κ1) is 15.9. The van der Waals surface area contributed by atoms with E-state index in [4.69, 9.17) is 9.26 Å². The maximum atomic E-state index is 12.4. The molecule has 1 aliphatic rings. The molecule has 1 aromatic carbocycles. The van der Waals surface area contributed by atoms with E-state index in [1.807, 2.05) is 37.4 Å². The van der Waals surface area contributed by atoms with Crippen molar-refractivity contribution >= 4 is 10.9 Å². The van der Waals surface area contributed by atoms with Crippen molar-refractivity contribution in [3.8, 4) is 5.75 Å². The molecule has 0 atom stereocenters.